The Morgan fingerprint density at radius 3 is 2.21 bits per heavy atom. The Balaban J connectivity index is 2.34. The first-order valence-corrected chi connectivity index (χ1v) is 7.81. The first-order chi connectivity index (χ1) is 11.5. The smallest absolute Gasteiger partial charge is 0.193 e. The molecular weight excluding hydrogens is 376 g/mol. The number of carbonyl (C=O) groups excluding carboxylic acids is 1. The molecule has 2 rings (SSSR count). The Bertz CT molecular complexity index is 766. The van der Waals surface area contributed by atoms with E-state index in [1.165, 1.54) is 26.4 Å². The van der Waals surface area contributed by atoms with Gasteiger partial charge in [-0.2, -0.15) is 0 Å². The van der Waals surface area contributed by atoms with E-state index >= 15 is 0 Å². The van der Waals surface area contributed by atoms with Crippen LogP contribution in [0.4, 0.5) is 0 Å². The molecule has 0 aromatic heterocycles. The molecule has 0 unspecified atom stereocenters. The summed E-state index contributed by atoms with van der Waals surface area (Å²) in [7, 11) is 4.47. The summed E-state index contributed by atoms with van der Waals surface area (Å²) in [5, 5.41) is 10.3. The van der Waals surface area contributed by atoms with Crippen LogP contribution in [0.5, 0.6) is 23.0 Å². The van der Waals surface area contributed by atoms with Gasteiger partial charge in [0.15, 0.2) is 5.78 Å². The Hall–Kier alpha value is -2.47. The molecule has 0 saturated heterocycles. The van der Waals surface area contributed by atoms with Crippen molar-refractivity contribution in [2.24, 2.45) is 0 Å². The first kappa shape index (κ1) is 17.9. The summed E-state index contributed by atoms with van der Waals surface area (Å²) >= 11 is 3.21. The van der Waals surface area contributed by atoms with Crippen LogP contribution < -0.4 is 14.2 Å². The molecule has 2 aromatic rings. The van der Waals surface area contributed by atoms with Gasteiger partial charge in [0.05, 0.1) is 21.3 Å². The van der Waals surface area contributed by atoms with Crippen LogP contribution in [0.2, 0.25) is 0 Å². The number of phenols is 1. The average molecular weight is 393 g/mol. The topological polar surface area (TPSA) is 65.0 Å². The lowest BCUT2D eigenvalue weighted by Crippen LogP contribution is -2.01. The zero-order valence-corrected chi connectivity index (χ0v) is 15.1. The molecule has 0 bridgehead atoms. The highest BCUT2D eigenvalue weighted by Crippen LogP contribution is 2.42. The van der Waals surface area contributed by atoms with E-state index in [1.54, 1.807) is 25.3 Å². The SMILES string of the molecule is COc1ccc(/C=C\C(=O)c2c(OC)cc(OC)c(Br)c2O)cc1. The number of phenolic OH excluding ortho intramolecular Hbond substituents is 1. The van der Waals surface area contributed by atoms with Crippen molar-refractivity contribution in [2.75, 3.05) is 21.3 Å². The summed E-state index contributed by atoms with van der Waals surface area (Å²) in [6.45, 7) is 0. The summed E-state index contributed by atoms with van der Waals surface area (Å²) in [6, 6.07) is 8.78. The molecular formula is C18H17BrO5. The van der Waals surface area contributed by atoms with Gasteiger partial charge in [0.25, 0.3) is 0 Å². The molecule has 5 nitrogen and oxygen atoms in total. The molecule has 0 fully saturated rings. The highest BCUT2D eigenvalue weighted by molar-refractivity contribution is 9.10. The molecule has 0 aliphatic rings. The Labute approximate surface area is 148 Å². The third-order valence-corrected chi connectivity index (χ3v) is 4.17. The lowest BCUT2D eigenvalue weighted by atomic mass is 10.1. The molecule has 24 heavy (non-hydrogen) atoms. The minimum atomic E-state index is -0.386. The molecule has 6 heteroatoms. The molecule has 0 amide bonds. The second-order valence-electron chi connectivity index (χ2n) is 4.79. The number of hydrogen-bond donors (Lipinski definition) is 1. The fourth-order valence-corrected chi connectivity index (χ4v) is 2.59. The summed E-state index contributed by atoms with van der Waals surface area (Å²) in [5.41, 5.74) is 0.894. The van der Waals surface area contributed by atoms with Crippen LogP contribution in [-0.4, -0.2) is 32.2 Å². The number of hydrogen-bond acceptors (Lipinski definition) is 5. The zero-order chi connectivity index (χ0) is 17.7. The molecule has 126 valence electrons. The number of allylic oxidation sites excluding steroid dienone is 1. The molecule has 0 aliphatic carbocycles. The fraction of sp³-hybridized carbons (Fsp3) is 0.167. The van der Waals surface area contributed by atoms with Crippen LogP contribution in [0.1, 0.15) is 15.9 Å². The van der Waals surface area contributed by atoms with E-state index in [9.17, 15) is 9.90 Å². The minimum Gasteiger partial charge on any atom is -0.506 e. The number of rotatable bonds is 6. The lowest BCUT2D eigenvalue weighted by molar-refractivity contribution is 0.104. The lowest BCUT2D eigenvalue weighted by Gasteiger charge is -2.13. The van der Waals surface area contributed by atoms with Crippen LogP contribution in [0.25, 0.3) is 6.08 Å². The van der Waals surface area contributed by atoms with Gasteiger partial charge in [0.2, 0.25) is 0 Å². The number of halogens is 1. The van der Waals surface area contributed by atoms with E-state index in [-0.39, 0.29) is 22.8 Å². The van der Waals surface area contributed by atoms with Crippen LogP contribution in [0, 0.1) is 0 Å². The van der Waals surface area contributed by atoms with E-state index < -0.39 is 0 Å². The highest BCUT2D eigenvalue weighted by Gasteiger charge is 2.21. The van der Waals surface area contributed by atoms with Gasteiger partial charge >= 0.3 is 0 Å². The van der Waals surface area contributed by atoms with Crippen molar-refractivity contribution in [3.8, 4) is 23.0 Å². The van der Waals surface area contributed by atoms with Gasteiger partial charge in [0, 0.05) is 6.07 Å². The predicted octanol–water partition coefficient (Wildman–Crippen LogP) is 4.08. The van der Waals surface area contributed by atoms with Crippen molar-refractivity contribution in [3.63, 3.8) is 0 Å². The number of benzene rings is 2. The molecule has 0 atom stereocenters. The van der Waals surface area contributed by atoms with E-state index in [0.717, 1.165) is 11.3 Å². The van der Waals surface area contributed by atoms with Gasteiger partial charge in [-0.15, -0.1) is 0 Å². The van der Waals surface area contributed by atoms with Gasteiger partial charge in [-0.05, 0) is 39.7 Å². The monoisotopic (exact) mass is 392 g/mol. The van der Waals surface area contributed by atoms with E-state index in [1.807, 2.05) is 12.1 Å². The molecule has 0 aliphatic heterocycles. The normalized spacial score (nSPS) is 10.7. The summed E-state index contributed by atoms with van der Waals surface area (Å²) in [5.74, 6) is 0.730. The standard InChI is InChI=1S/C18H17BrO5/c1-22-12-7-4-11(5-8-12)6-9-13(20)16-14(23-2)10-15(24-3)17(19)18(16)21/h4-10,21H,1-3H3/b9-6-. The van der Waals surface area contributed by atoms with Gasteiger partial charge in [-0.3, -0.25) is 4.79 Å². The molecule has 0 heterocycles. The van der Waals surface area contributed by atoms with E-state index in [4.69, 9.17) is 14.2 Å². The number of methoxy groups -OCH3 is 3. The third-order valence-electron chi connectivity index (χ3n) is 3.40. The Morgan fingerprint density at radius 1 is 1.04 bits per heavy atom. The van der Waals surface area contributed by atoms with Crippen molar-refractivity contribution >= 4 is 27.8 Å². The van der Waals surface area contributed by atoms with Gasteiger partial charge < -0.3 is 19.3 Å². The Kier molecular flexibility index (Phi) is 5.87. The maximum absolute atomic E-state index is 12.5. The molecule has 2 aromatic carbocycles. The third kappa shape index (κ3) is 3.71. The second-order valence-corrected chi connectivity index (χ2v) is 5.58. The number of ketones is 1. The quantitative estimate of drug-likeness (QED) is 0.592. The minimum absolute atomic E-state index is 0.0648. The molecule has 0 saturated carbocycles. The van der Waals surface area contributed by atoms with Gasteiger partial charge in [-0.1, -0.05) is 18.2 Å². The first-order valence-electron chi connectivity index (χ1n) is 7.01. The van der Waals surface area contributed by atoms with E-state index in [0.29, 0.717) is 10.2 Å². The highest BCUT2D eigenvalue weighted by atomic mass is 79.9. The second kappa shape index (κ2) is 7.88. The van der Waals surface area contributed by atoms with Crippen molar-refractivity contribution in [1.29, 1.82) is 0 Å². The van der Waals surface area contributed by atoms with Crippen LogP contribution in [0.15, 0.2) is 40.9 Å². The van der Waals surface area contributed by atoms with Crippen molar-refractivity contribution in [2.45, 2.75) is 0 Å². The van der Waals surface area contributed by atoms with Crippen LogP contribution in [0.3, 0.4) is 0 Å². The van der Waals surface area contributed by atoms with Crippen molar-refractivity contribution in [1.82, 2.24) is 0 Å². The summed E-state index contributed by atoms with van der Waals surface area (Å²) in [6.07, 6.45) is 3.02. The predicted molar refractivity (Wildman–Crippen MR) is 95.3 cm³/mol. The molecule has 1 N–H and O–H groups in total. The van der Waals surface area contributed by atoms with Crippen molar-refractivity contribution in [3.05, 3.63) is 52.0 Å². The summed E-state index contributed by atoms with van der Waals surface area (Å²) < 4.78 is 15.7. The largest absolute Gasteiger partial charge is 0.506 e. The number of carbonyl (C=O) groups is 1. The summed E-state index contributed by atoms with van der Waals surface area (Å²) in [4.78, 5) is 12.5. The van der Waals surface area contributed by atoms with Crippen molar-refractivity contribution < 1.29 is 24.1 Å². The fourth-order valence-electron chi connectivity index (χ4n) is 2.12. The zero-order valence-electron chi connectivity index (χ0n) is 13.5. The molecule has 0 radical (unpaired) electrons. The maximum atomic E-state index is 12.5. The Morgan fingerprint density at radius 2 is 1.67 bits per heavy atom. The average Bonchev–Trinajstić information content (AvgIpc) is 2.62. The van der Waals surface area contributed by atoms with E-state index in [2.05, 4.69) is 15.9 Å². The van der Waals surface area contributed by atoms with Crippen LogP contribution >= 0.6 is 15.9 Å². The number of ether oxygens (including phenoxy) is 3. The maximum Gasteiger partial charge on any atom is 0.193 e. The van der Waals surface area contributed by atoms with Crippen LogP contribution in [-0.2, 0) is 0 Å². The molecule has 0 spiro atoms. The van der Waals surface area contributed by atoms with Gasteiger partial charge in [-0.25, -0.2) is 0 Å². The van der Waals surface area contributed by atoms with Gasteiger partial charge in [0.1, 0.15) is 33.0 Å². The number of aromatic hydroxyl groups is 1.